The van der Waals surface area contributed by atoms with Crippen LogP contribution in [0.3, 0.4) is 0 Å². The Labute approximate surface area is 86.5 Å². The third kappa shape index (κ3) is 1.90. The van der Waals surface area contributed by atoms with Crippen LogP contribution >= 0.6 is 0 Å². The Morgan fingerprint density at radius 3 is 2.86 bits per heavy atom. The Balaban J connectivity index is 0.000000980. The van der Waals surface area contributed by atoms with Crippen LogP contribution in [-0.4, -0.2) is 13.1 Å². The molecule has 0 amide bonds. The summed E-state index contributed by atoms with van der Waals surface area (Å²) in [5, 5.41) is 0. The van der Waals surface area contributed by atoms with E-state index in [1.165, 1.54) is 42.7 Å². The molecule has 1 aliphatic rings. The minimum atomic E-state index is 0. The number of nitrogens with zero attached hydrogens (tertiary/aromatic N) is 1. The summed E-state index contributed by atoms with van der Waals surface area (Å²) in [4.78, 5) is 2.50. The predicted molar refractivity (Wildman–Crippen MR) is 62.4 cm³/mol. The highest BCUT2D eigenvalue weighted by molar-refractivity contribution is 5.59. The first-order chi connectivity index (χ1) is 6.31. The summed E-state index contributed by atoms with van der Waals surface area (Å²) < 4.78 is 0. The Kier molecular flexibility index (Phi) is 3.53. The fourth-order valence-corrected chi connectivity index (χ4v) is 2.06. The van der Waals surface area contributed by atoms with E-state index in [9.17, 15) is 0 Å². The van der Waals surface area contributed by atoms with Gasteiger partial charge in [-0.05, 0) is 37.0 Å². The molecule has 1 heterocycles. The SMILES string of the molecule is CCCN1CCc2ccc(C)cc21.N. The number of benzene rings is 1. The third-order valence-electron chi connectivity index (χ3n) is 2.73. The molecule has 1 aromatic carbocycles. The van der Waals surface area contributed by atoms with E-state index in [0.29, 0.717) is 0 Å². The van der Waals surface area contributed by atoms with Crippen molar-refractivity contribution >= 4 is 5.69 Å². The average Bonchev–Trinajstić information content (AvgIpc) is 2.49. The van der Waals surface area contributed by atoms with Crippen molar-refractivity contribution in [3.63, 3.8) is 0 Å². The molecule has 2 nitrogen and oxygen atoms in total. The monoisotopic (exact) mass is 192 g/mol. The van der Waals surface area contributed by atoms with E-state index in [2.05, 4.69) is 36.9 Å². The third-order valence-corrected chi connectivity index (χ3v) is 2.73. The van der Waals surface area contributed by atoms with Gasteiger partial charge < -0.3 is 11.1 Å². The summed E-state index contributed by atoms with van der Waals surface area (Å²) in [7, 11) is 0. The standard InChI is InChI=1S/C12H17N.H3N/c1-3-7-13-8-6-11-5-4-10(2)9-12(11)13;/h4-5,9H,3,6-8H2,1-2H3;1H3. The maximum atomic E-state index is 2.50. The number of rotatable bonds is 2. The Bertz CT molecular complexity index is 305. The number of hydrogen-bond donors (Lipinski definition) is 1. The number of anilines is 1. The summed E-state index contributed by atoms with van der Waals surface area (Å²) in [6.45, 7) is 6.83. The number of aryl methyl sites for hydroxylation is 1. The first-order valence-electron chi connectivity index (χ1n) is 5.15. The molecule has 1 aliphatic heterocycles. The van der Waals surface area contributed by atoms with Crippen LogP contribution in [0.4, 0.5) is 5.69 Å². The van der Waals surface area contributed by atoms with Crippen LogP contribution in [0.25, 0.3) is 0 Å². The van der Waals surface area contributed by atoms with Crippen LogP contribution in [0.5, 0.6) is 0 Å². The molecule has 0 spiro atoms. The van der Waals surface area contributed by atoms with Crippen molar-refractivity contribution in [1.29, 1.82) is 0 Å². The zero-order chi connectivity index (χ0) is 9.26. The topological polar surface area (TPSA) is 38.2 Å². The Hall–Kier alpha value is -1.02. The van der Waals surface area contributed by atoms with Crippen LogP contribution < -0.4 is 11.1 Å². The molecule has 0 atom stereocenters. The molecular formula is C12H20N2. The second-order valence-corrected chi connectivity index (χ2v) is 3.87. The van der Waals surface area contributed by atoms with Crippen molar-refractivity contribution in [3.05, 3.63) is 29.3 Å². The van der Waals surface area contributed by atoms with Gasteiger partial charge in [0.1, 0.15) is 0 Å². The molecule has 3 N–H and O–H groups in total. The average molecular weight is 192 g/mol. The van der Waals surface area contributed by atoms with Gasteiger partial charge in [0, 0.05) is 18.8 Å². The lowest BCUT2D eigenvalue weighted by Crippen LogP contribution is -2.20. The lowest BCUT2D eigenvalue weighted by molar-refractivity contribution is 0.796. The largest absolute Gasteiger partial charge is 0.371 e. The predicted octanol–water partition coefficient (Wildman–Crippen LogP) is 2.93. The van der Waals surface area contributed by atoms with E-state index >= 15 is 0 Å². The lowest BCUT2D eigenvalue weighted by Gasteiger charge is -2.18. The molecule has 2 rings (SSSR count). The van der Waals surface area contributed by atoms with Gasteiger partial charge >= 0.3 is 0 Å². The second kappa shape index (κ2) is 4.47. The van der Waals surface area contributed by atoms with E-state index in [-0.39, 0.29) is 6.15 Å². The van der Waals surface area contributed by atoms with Crippen molar-refractivity contribution in [2.45, 2.75) is 26.7 Å². The zero-order valence-corrected chi connectivity index (χ0v) is 9.21. The van der Waals surface area contributed by atoms with Crippen molar-refractivity contribution in [2.24, 2.45) is 0 Å². The first kappa shape index (κ1) is 11.1. The van der Waals surface area contributed by atoms with Gasteiger partial charge in [-0.1, -0.05) is 19.1 Å². The molecule has 0 radical (unpaired) electrons. The fraction of sp³-hybridized carbons (Fsp3) is 0.500. The molecule has 0 aromatic heterocycles. The maximum Gasteiger partial charge on any atom is 0.0402 e. The molecule has 1 aromatic rings. The lowest BCUT2D eigenvalue weighted by atomic mass is 10.1. The summed E-state index contributed by atoms with van der Waals surface area (Å²) in [5.74, 6) is 0. The molecule has 78 valence electrons. The minimum Gasteiger partial charge on any atom is -0.371 e. The van der Waals surface area contributed by atoms with Gasteiger partial charge in [0.15, 0.2) is 0 Å². The highest BCUT2D eigenvalue weighted by atomic mass is 15.1. The minimum absolute atomic E-state index is 0. The highest BCUT2D eigenvalue weighted by Crippen LogP contribution is 2.28. The summed E-state index contributed by atoms with van der Waals surface area (Å²) in [6, 6.07) is 6.81. The van der Waals surface area contributed by atoms with Crippen molar-refractivity contribution in [1.82, 2.24) is 6.15 Å². The van der Waals surface area contributed by atoms with Gasteiger partial charge in [-0.3, -0.25) is 0 Å². The van der Waals surface area contributed by atoms with E-state index < -0.39 is 0 Å². The smallest absolute Gasteiger partial charge is 0.0402 e. The van der Waals surface area contributed by atoms with Gasteiger partial charge in [0.05, 0.1) is 0 Å². The fourth-order valence-electron chi connectivity index (χ4n) is 2.06. The zero-order valence-electron chi connectivity index (χ0n) is 9.21. The van der Waals surface area contributed by atoms with E-state index in [1.54, 1.807) is 0 Å². The van der Waals surface area contributed by atoms with Gasteiger partial charge in [-0.2, -0.15) is 0 Å². The molecule has 14 heavy (non-hydrogen) atoms. The summed E-state index contributed by atoms with van der Waals surface area (Å²) in [6.07, 6.45) is 2.48. The molecular weight excluding hydrogens is 172 g/mol. The maximum absolute atomic E-state index is 2.50. The second-order valence-electron chi connectivity index (χ2n) is 3.87. The summed E-state index contributed by atoms with van der Waals surface area (Å²) in [5.41, 5.74) is 4.38. The van der Waals surface area contributed by atoms with E-state index in [0.717, 1.165) is 0 Å². The molecule has 0 unspecified atom stereocenters. The molecule has 0 saturated carbocycles. The van der Waals surface area contributed by atoms with Crippen LogP contribution in [0.1, 0.15) is 24.5 Å². The Morgan fingerprint density at radius 1 is 1.36 bits per heavy atom. The molecule has 0 aliphatic carbocycles. The van der Waals surface area contributed by atoms with Crippen molar-refractivity contribution < 1.29 is 0 Å². The summed E-state index contributed by atoms with van der Waals surface area (Å²) >= 11 is 0. The van der Waals surface area contributed by atoms with Crippen molar-refractivity contribution in [3.8, 4) is 0 Å². The molecule has 0 saturated heterocycles. The van der Waals surface area contributed by atoms with Gasteiger partial charge in [0.25, 0.3) is 0 Å². The van der Waals surface area contributed by atoms with Crippen molar-refractivity contribution in [2.75, 3.05) is 18.0 Å². The number of hydrogen-bond acceptors (Lipinski definition) is 2. The molecule has 0 bridgehead atoms. The van der Waals surface area contributed by atoms with Crippen LogP contribution in [0.15, 0.2) is 18.2 Å². The van der Waals surface area contributed by atoms with Crippen LogP contribution in [-0.2, 0) is 6.42 Å². The molecule has 2 heteroatoms. The Morgan fingerprint density at radius 2 is 2.14 bits per heavy atom. The quantitative estimate of drug-likeness (QED) is 0.782. The van der Waals surface area contributed by atoms with Gasteiger partial charge in [-0.25, -0.2) is 0 Å². The highest BCUT2D eigenvalue weighted by Gasteiger charge is 2.17. The van der Waals surface area contributed by atoms with Gasteiger partial charge in [0.2, 0.25) is 0 Å². The van der Waals surface area contributed by atoms with E-state index in [1.807, 2.05) is 0 Å². The normalized spacial score (nSPS) is 13.7. The van der Waals surface area contributed by atoms with Gasteiger partial charge in [-0.15, -0.1) is 0 Å². The van der Waals surface area contributed by atoms with Crippen LogP contribution in [0, 0.1) is 6.92 Å². The molecule has 0 fully saturated rings. The van der Waals surface area contributed by atoms with Crippen LogP contribution in [0.2, 0.25) is 0 Å². The number of fused-ring (bicyclic) bond motifs is 1. The van der Waals surface area contributed by atoms with E-state index in [4.69, 9.17) is 0 Å². The first-order valence-corrected chi connectivity index (χ1v) is 5.15.